The van der Waals surface area contributed by atoms with Crippen LogP contribution in [0.4, 0.5) is 0 Å². The SMILES string of the molecule is COc1ccc2[nH]c([S@](=O)Cc3ncc(C)c(OC)c3C)[n+](S(=O)(=O)CC34CCC(CC3=O)C4(C)C)c2c1.COc1ccc2c(c1)nc([S@](=O)Cc1ncc(C)c(OC)c1C)n2S(=O)(=O)CC12CCC(CC1=O)C2(C)C. The molecule has 4 bridgehead atoms. The third-order valence-corrected chi connectivity index (χ3v) is 24.1. The van der Waals surface area contributed by atoms with Gasteiger partial charge in [-0.05, 0) is 100 Å². The highest BCUT2D eigenvalue weighted by molar-refractivity contribution is 7.91. The first kappa shape index (κ1) is 55.2. The number of imidazole rings is 2. The number of hydrogen-bond donors (Lipinski definition) is 1. The number of methoxy groups -OCH3 is 4. The molecule has 4 unspecified atom stereocenters. The summed E-state index contributed by atoms with van der Waals surface area (Å²) in [6.45, 7) is 15.4. The number of carbonyl (C=O) groups excluding carboxylic acids is 2. The second kappa shape index (κ2) is 19.7. The van der Waals surface area contributed by atoms with E-state index in [1.54, 1.807) is 63.0 Å². The lowest BCUT2D eigenvalue weighted by Gasteiger charge is -2.36. The topological polar surface area (TPSA) is 237 Å². The second-order valence-corrected chi connectivity index (χ2v) is 28.4. The van der Waals surface area contributed by atoms with Crippen molar-refractivity contribution < 1.29 is 57.8 Å². The molecule has 0 saturated heterocycles. The zero-order chi connectivity index (χ0) is 55.2. The van der Waals surface area contributed by atoms with Crippen LogP contribution < -0.4 is 22.9 Å². The predicted octanol–water partition coefficient (Wildman–Crippen LogP) is 7.31. The number of fused-ring (bicyclic) bond motifs is 6. The van der Waals surface area contributed by atoms with Crippen LogP contribution in [-0.4, -0.2) is 101 Å². The van der Waals surface area contributed by atoms with Crippen LogP contribution in [0.1, 0.15) is 99.9 Å². The largest absolute Gasteiger partial charge is 0.497 e. The lowest BCUT2D eigenvalue weighted by Crippen LogP contribution is -2.53. The molecule has 4 aromatic heterocycles. The molecule has 6 aromatic rings. The van der Waals surface area contributed by atoms with Crippen LogP contribution in [0, 0.1) is 61.2 Å². The second-order valence-electron chi connectivity index (χ2n) is 22.0. The fourth-order valence-corrected chi connectivity index (χ4v) is 20.8. The number of H-pyrrole nitrogens is 1. The quantitative estimate of drug-likeness (QED) is 0.0935. The van der Waals surface area contributed by atoms with Gasteiger partial charge in [0.05, 0.1) is 89.7 Å². The van der Waals surface area contributed by atoms with Gasteiger partial charge in [-0.3, -0.25) is 23.8 Å². The van der Waals surface area contributed by atoms with Crippen LogP contribution in [0.5, 0.6) is 23.0 Å². The highest BCUT2D eigenvalue weighted by Crippen LogP contribution is 2.65. The number of aromatic nitrogens is 6. The smallest absolute Gasteiger partial charge is 0.363 e. The van der Waals surface area contributed by atoms with Crippen LogP contribution in [0.2, 0.25) is 0 Å². The summed E-state index contributed by atoms with van der Waals surface area (Å²) >= 11 is 0. The molecule has 0 amide bonds. The number of rotatable bonds is 16. The molecule has 0 radical (unpaired) electrons. The minimum atomic E-state index is -4.14. The van der Waals surface area contributed by atoms with Crippen LogP contribution in [0.3, 0.4) is 0 Å². The van der Waals surface area contributed by atoms with Crippen molar-refractivity contribution in [3.8, 4) is 23.0 Å². The van der Waals surface area contributed by atoms with Crippen LogP contribution >= 0.6 is 0 Å². The Bertz CT molecular complexity index is 3590. The van der Waals surface area contributed by atoms with Gasteiger partial charge in [-0.2, -0.15) is 8.42 Å². The highest BCUT2D eigenvalue weighted by atomic mass is 32.2. The van der Waals surface area contributed by atoms with Gasteiger partial charge in [0.1, 0.15) is 51.1 Å². The number of Topliss-reactive ketones (excluding diaryl/α,β-unsaturated/α-hetero) is 2. The lowest BCUT2D eigenvalue weighted by molar-refractivity contribution is -0.527. The highest BCUT2D eigenvalue weighted by Gasteiger charge is 2.67. The van der Waals surface area contributed by atoms with Gasteiger partial charge in [0.25, 0.3) is 0 Å². The molecule has 22 heteroatoms. The van der Waals surface area contributed by atoms with Gasteiger partial charge < -0.3 is 18.9 Å². The fraction of sp³-hybridized carbons (Fsp3) is 0.519. The number of hydrogen-bond acceptors (Lipinski definition) is 15. The number of aryl methyl sites for hydroxylation is 2. The Morgan fingerprint density at radius 1 is 0.697 bits per heavy atom. The number of pyridine rings is 2. The van der Waals surface area contributed by atoms with Gasteiger partial charge in [-0.15, -0.1) is 3.97 Å². The number of ketones is 2. The van der Waals surface area contributed by atoms with Crippen molar-refractivity contribution in [3.63, 3.8) is 0 Å². The normalized spacial score (nSPS) is 23.2. The molecule has 10 rings (SSSR count). The zero-order valence-corrected chi connectivity index (χ0v) is 48.4. The first-order chi connectivity index (χ1) is 35.7. The molecule has 4 aliphatic rings. The van der Waals surface area contributed by atoms with E-state index in [1.807, 2.05) is 55.4 Å². The van der Waals surface area contributed by atoms with Crippen molar-refractivity contribution in [1.82, 2.24) is 23.9 Å². The van der Waals surface area contributed by atoms with Crippen LogP contribution in [0.25, 0.3) is 22.1 Å². The number of nitrogens with one attached hydrogen (secondary N) is 1. The number of aromatic amines is 1. The maximum atomic E-state index is 14.2. The minimum Gasteiger partial charge on any atom is -0.497 e. The summed E-state index contributed by atoms with van der Waals surface area (Å²) in [6.07, 6.45) is 6.86. The van der Waals surface area contributed by atoms with Crippen molar-refractivity contribution >= 4 is 75.3 Å². The van der Waals surface area contributed by atoms with Crippen molar-refractivity contribution in [1.29, 1.82) is 0 Å². The summed E-state index contributed by atoms with van der Waals surface area (Å²) in [6, 6.07) is 9.90. The Hall–Kier alpha value is -5.58. The molecule has 0 spiro atoms. The summed E-state index contributed by atoms with van der Waals surface area (Å²) in [5.41, 5.74) is 2.95. The summed E-state index contributed by atoms with van der Waals surface area (Å²) in [5.74, 6) is 1.90. The fourth-order valence-electron chi connectivity index (χ4n) is 13.0. The predicted molar refractivity (Wildman–Crippen MR) is 288 cm³/mol. The number of benzene rings is 2. The summed E-state index contributed by atoms with van der Waals surface area (Å²) in [5, 5.41) is -0.0635. The van der Waals surface area contributed by atoms with E-state index in [9.17, 15) is 34.8 Å². The maximum absolute atomic E-state index is 14.2. The van der Waals surface area contributed by atoms with E-state index in [2.05, 4.69) is 19.9 Å². The Labute approximate surface area is 449 Å². The molecular formula is C54H67N6O12S4+. The monoisotopic (exact) mass is 1120 g/mol. The van der Waals surface area contributed by atoms with Crippen molar-refractivity contribution in [2.75, 3.05) is 39.9 Å². The lowest BCUT2D eigenvalue weighted by atomic mass is 9.70. The average molecular weight is 1120 g/mol. The number of ether oxygens (including phenoxy) is 4. The maximum Gasteiger partial charge on any atom is 0.363 e. The molecule has 76 heavy (non-hydrogen) atoms. The number of nitrogens with zero attached hydrogens (tertiary/aromatic N) is 5. The molecular weight excluding hydrogens is 1050 g/mol. The molecule has 18 nitrogen and oxygen atoms in total. The summed E-state index contributed by atoms with van der Waals surface area (Å²) in [7, 11) is -5.80. The van der Waals surface area contributed by atoms with E-state index >= 15 is 0 Å². The molecule has 408 valence electrons. The van der Waals surface area contributed by atoms with E-state index in [0.29, 0.717) is 82.1 Å². The molecule has 4 heterocycles. The van der Waals surface area contributed by atoms with Gasteiger partial charge in [0.15, 0.2) is 11.0 Å². The third kappa shape index (κ3) is 8.76. The van der Waals surface area contributed by atoms with E-state index in [4.69, 9.17) is 18.9 Å². The van der Waals surface area contributed by atoms with Crippen molar-refractivity contribution in [2.24, 2.45) is 33.5 Å². The molecule has 1 N–H and O–H groups in total. The molecule has 4 fully saturated rings. The van der Waals surface area contributed by atoms with Crippen molar-refractivity contribution in [3.05, 3.63) is 82.4 Å². The van der Waals surface area contributed by atoms with Gasteiger partial charge in [0, 0.05) is 59.6 Å². The molecule has 6 atom stereocenters. The van der Waals surface area contributed by atoms with E-state index < -0.39 is 63.3 Å². The minimum absolute atomic E-state index is 0.00247. The standard InChI is InChI=1S/2C27H33N3O6S2/c1-16-13-28-21(17(2)24(16)36-6)14-37(32)25-29-20-12-19(35-5)7-8-22(20)30(25)38(33,34)15-27-10-9-18(11-23(27)31)26(27,3)4;1-16-13-28-21(17(2)24(16)36-6)14-37(32)25-29-20-8-7-19(35-5)12-22(20)30(25)38(33,34)15-27-10-9-18(11-23(27)31)26(27,3)4/h2*7-8,12-13,18H,9-11,14-15H2,1-6H3/p+1/t2*18?,27?,37-/m11/s1. The van der Waals surface area contributed by atoms with Gasteiger partial charge >= 0.3 is 15.2 Å². The average Bonchev–Trinajstić information content (AvgIpc) is 4.19. The van der Waals surface area contributed by atoms with Crippen LogP contribution in [0.15, 0.2) is 59.1 Å². The van der Waals surface area contributed by atoms with Gasteiger partial charge in [-0.25, -0.2) is 26.6 Å². The molecule has 2 aromatic carbocycles. The van der Waals surface area contributed by atoms with Gasteiger partial charge in [0.2, 0.25) is 15.2 Å². The van der Waals surface area contributed by atoms with E-state index in [1.165, 1.54) is 14.2 Å². The molecule has 4 saturated carbocycles. The Morgan fingerprint density at radius 2 is 1.20 bits per heavy atom. The van der Waals surface area contributed by atoms with E-state index in [0.717, 1.165) is 43.0 Å². The number of carbonyl (C=O) groups is 2. The summed E-state index contributed by atoms with van der Waals surface area (Å²) in [4.78, 5) is 42.9. The first-order valence-electron chi connectivity index (χ1n) is 25.2. The Kier molecular flexibility index (Phi) is 14.3. The third-order valence-electron chi connectivity index (χ3n) is 17.8. The van der Waals surface area contributed by atoms with Crippen molar-refractivity contribution in [2.45, 2.75) is 116 Å². The van der Waals surface area contributed by atoms with Gasteiger partial charge in [-0.1, -0.05) is 27.7 Å². The van der Waals surface area contributed by atoms with E-state index in [-0.39, 0.29) is 56.7 Å². The Morgan fingerprint density at radius 3 is 1.68 bits per heavy atom. The summed E-state index contributed by atoms with van der Waals surface area (Å²) < 4.78 is 108. The Balaban J connectivity index is 0.000000186. The molecule has 0 aliphatic heterocycles. The first-order valence-corrected chi connectivity index (χ1v) is 31.0. The zero-order valence-electron chi connectivity index (χ0n) is 45.1. The molecule has 4 aliphatic carbocycles. The van der Waals surface area contributed by atoms with Crippen LogP contribution in [-0.2, 0) is 62.7 Å².